The number of nitrogens with zero attached hydrogens (tertiary/aromatic N) is 1. The molecule has 0 fully saturated rings. The second-order valence-corrected chi connectivity index (χ2v) is 5.80. The lowest BCUT2D eigenvalue weighted by molar-refractivity contribution is -0.140. The predicted octanol–water partition coefficient (Wildman–Crippen LogP) is 3.50. The summed E-state index contributed by atoms with van der Waals surface area (Å²) < 4.78 is 6.23. The van der Waals surface area contributed by atoms with E-state index in [0.29, 0.717) is 5.75 Å². The smallest absolute Gasteiger partial charge is 0.331 e. The summed E-state index contributed by atoms with van der Waals surface area (Å²) in [5.41, 5.74) is 2.12. The molecule has 0 atom stereocenters. The lowest BCUT2D eigenvalue weighted by atomic mass is 10.1. The van der Waals surface area contributed by atoms with Gasteiger partial charge in [-0.3, -0.25) is 4.79 Å². The van der Waals surface area contributed by atoms with Gasteiger partial charge < -0.3 is 9.64 Å². The molecule has 0 unspecified atom stereocenters. The van der Waals surface area contributed by atoms with Crippen molar-refractivity contribution in [1.82, 2.24) is 4.90 Å². The van der Waals surface area contributed by atoms with Crippen LogP contribution in [0.1, 0.15) is 6.92 Å². The molecule has 0 aliphatic carbocycles. The first-order valence-corrected chi connectivity index (χ1v) is 7.53. The topological polar surface area (TPSA) is 46.6 Å². The van der Waals surface area contributed by atoms with E-state index in [0.717, 1.165) is 15.6 Å². The molecule has 2 rings (SSSR count). The van der Waals surface area contributed by atoms with Crippen LogP contribution < -0.4 is 4.74 Å². The average Bonchev–Trinajstić information content (AvgIpc) is 2.48. The molecule has 2 aromatic carbocycles. The second-order valence-electron chi connectivity index (χ2n) is 4.88. The monoisotopic (exact) mass is 361 g/mol. The highest BCUT2D eigenvalue weighted by Gasteiger charge is 2.11. The third-order valence-corrected chi connectivity index (χ3v) is 3.70. The predicted molar refractivity (Wildman–Crippen MR) is 88.5 cm³/mol. The second kappa shape index (κ2) is 7.22. The van der Waals surface area contributed by atoms with Crippen molar-refractivity contribution >= 4 is 27.8 Å². The normalized spacial score (nSPS) is 10.1. The molecule has 0 N–H and O–H groups in total. The van der Waals surface area contributed by atoms with Gasteiger partial charge in [-0.15, -0.1) is 0 Å². The molecule has 0 radical (unpaired) electrons. The van der Waals surface area contributed by atoms with E-state index in [2.05, 4.69) is 15.9 Å². The number of hydrogen-bond donors (Lipinski definition) is 0. The van der Waals surface area contributed by atoms with E-state index in [4.69, 9.17) is 4.74 Å². The zero-order chi connectivity index (χ0) is 16.1. The van der Waals surface area contributed by atoms with E-state index in [1.807, 2.05) is 36.4 Å². The van der Waals surface area contributed by atoms with Crippen molar-refractivity contribution in [3.8, 4) is 16.9 Å². The van der Waals surface area contributed by atoms with Crippen LogP contribution in [0.3, 0.4) is 0 Å². The number of ether oxygens (including phenoxy) is 1. The lowest BCUT2D eigenvalue weighted by Gasteiger charge is -2.13. The summed E-state index contributed by atoms with van der Waals surface area (Å²) in [7, 11) is 1.56. The van der Waals surface area contributed by atoms with Gasteiger partial charge in [0.15, 0.2) is 0 Å². The largest absolute Gasteiger partial charge is 0.425 e. The van der Waals surface area contributed by atoms with E-state index < -0.39 is 5.97 Å². The van der Waals surface area contributed by atoms with Gasteiger partial charge in [-0.1, -0.05) is 40.2 Å². The third kappa shape index (κ3) is 4.43. The average molecular weight is 362 g/mol. The fourth-order valence-electron chi connectivity index (χ4n) is 1.83. The first-order chi connectivity index (χ1) is 10.5. The molecule has 0 aliphatic heterocycles. The van der Waals surface area contributed by atoms with E-state index >= 15 is 0 Å². The molecule has 114 valence electrons. The number of rotatable bonds is 4. The molecule has 1 amide bonds. The standard InChI is InChI=1S/C17H16BrNO3/c1-12(20)19(2)11-17(21)22-16-9-5-14(6-10-16)13-3-7-15(18)8-4-13/h3-10H,11H2,1-2H3. The van der Waals surface area contributed by atoms with Gasteiger partial charge in [0.25, 0.3) is 0 Å². The molecule has 0 aliphatic rings. The Hall–Kier alpha value is -2.14. The zero-order valence-corrected chi connectivity index (χ0v) is 14.0. The van der Waals surface area contributed by atoms with Gasteiger partial charge in [0.1, 0.15) is 12.3 Å². The molecule has 22 heavy (non-hydrogen) atoms. The zero-order valence-electron chi connectivity index (χ0n) is 12.4. The van der Waals surface area contributed by atoms with Crippen molar-refractivity contribution in [2.45, 2.75) is 6.92 Å². The Balaban J connectivity index is 2.01. The van der Waals surface area contributed by atoms with Crippen LogP contribution in [0.4, 0.5) is 0 Å². The summed E-state index contributed by atoms with van der Waals surface area (Å²) in [5.74, 6) is -0.181. The number of likely N-dealkylation sites (N-methyl/N-ethyl adjacent to an activating group) is 1. The van der Waals surface area contributed by atoms with Crippen LogP contribution in [0.2, 0.25) is 0 Å². The van der Waals surface area contributed by atoms with Gasteiger partial charge in [0.05, 0.1) is 0 Å². The Labute approximate surface area is 137 Å². The number of carbonyl (C=O) groups is 2. The van der Waals surface area contributed by atoms with Crippen LogP contribution in [0.15, 0.2) is 53.0 Å². The van der Waals surface area contributed by atoms with Crippen molar-refractivity contribution in [3.05, 3.63) is 53.0 Å². The molecule has 5 heteroatoms. The molecule has 0 bridgehead atoms. The Kier molecular flexibility index (Phi) is 5.33. The summed E-state index contributed by atoms with van der Waals surface area (Å²) in [6.07, 6.45) is 0. The Morgan fingerprint density at radius 1 is 1.00 bits per heavy atom. The number of carbonyl (C=O) groups excluding carboxylic acids is 2. The van der Waals surface area contributed by atoms with Gasteiger partial charge in [0.2, 0.25) is 5.91 Å². The SMILES string of the molecule is CC(=O)N(C)CC(=O)Oc1ccc(-c2ccc(Br)cc2)cc1. The number of hydrogen-bond acceptors (Lipinski definition) is 3. The van der Waals surface area contributed by atoms with Crippen molar-refractivity contribution in [3.63, 3.8) is 0 Å². The van der Waals surface area contributed by atoms with Crippen molar-refractivity contribution in [1.29, 1.82) is 0 Å². The quantitative estimate of drug-likeness (QED) is 0.618. The van der Waals surface area contributed by atoms with Crippen LogP contribution in [0.5, 0.6) is 5.75 Å². The first-order valence-electron chi connectivity index (χ1n) is 6.74. The molecule has 0 aromatic heterocycles. The molecule has 0 spiro atoms. The third-order valence-electron chi connectivity index (χ3n) is 3.17. The van der Waals surface area contributed by atoms with Crippen molar-refractivity contribution in [2.75, 3.05) is 13.6 Å². The van der Waals surface area contributed by atoms with Crippen LogP contribution in [0, 0.1) is 0 Å². The number of amides is 1. The molecule has 2 aromatic rings. The number of esters is 1. The summed E-state index contributed by atoms with van der Waals surface area (Å²) in [6.45, 7) is 1.34. The summed E-state index contributed by atoms with van der Waals surface area (Å²) in [6, 6.07) is 15.2. The summed E-state index contributed by atoms with van der Waals surface area (Å²) in [5, 5.41) is 0. The number of halogens is 1. The fraction of sp³-hybridized carbons (Fsp3) is 0.176. The Bertz CT molecular complexity index is 665. The van der Waals surface area contributed by atoms with Crippen LogP contribution in [-0.4, -0.2) is 30.4 Å². The van der Waals surface area contributed by atoms with Gasteiger partial charge in [-0.2, -0.15) is 0 Å². The van der Waals surface area contributed by atoms with Crippen molar-refractivity contribution in [2.24, 2.45) is 0 Å². The summed E-state index contributed by atoms with van der Waals surface area (Å²) in [4.78, 5) is 24.1. The van der Waals surface area contributed by atoms with E-state index in [9.17, 15) is 9.59 Å². The maximum atomic E-state index is 11.7. The highest BCUT2D eigenvalue weighted by molar-refractivity contribution is 9.10. The molecule has 4 nitrogen and oxygen atoms in total. The minimum absolute atomic E-state index is 0.0657. The summed E-state index contributed by atoms with van der Waals surface area (Å²) >= 11 is 3.40. The molecule has 0 heterocycles. The minimum atomic E-state index is -0.464. The number of benzene rings is 2. The maximum absolute atomic E-state index is 11.7. The molecular weight excluding hydrogens is 346 g/mol. The lowest BCUT2D eigenvalue weighted by Crippen LogP contribution is -2.32. The molecule has 0 saturated carbocycles. The molecule has 0 saturated heterocycles. The fourth-order valence-corrected chi connectivity index (χ4v) is 2.09. The van der Waals surface area contributed by atoms with Crippen LogP contribution in [-0.2, 0) is 9.59 Å². The Morgan fingerprint density at radius 2 is 1.50 bits per heavy atom. The van der Waals surface area contributed by atoms with Gasteiger partial charge in [-0.05, 0) is 35.4 Å². The first kappa shape index (κ1) is 16.2. The highest BCUT2D eigenvalue weighted by atomic mass is 79.9. The maximum Gasteiger partial charge on any atom is 0.331 e. The minimum Gasteiger partial charge on any atom is -0.425 e. The van der Waals surface area contributed by atoms with E-state index in [1.54, 1.807) is 19.2 Å². The van der Waals surface area contributed by atoms with Crippen LogP contribution in [0.25, 0.3) is 11.1 Å². The molecular formula is C17H16BrNO3. The Morgan fingerprint density at radius 3 is 2.00 bits per heavy atom. The highest BCUT2D eigenvalue weighted by Crippen LogP contribution is 2.24. The van der Waals surface area contributed by atoms with Gasteiger partial charge in [0, 0.05) is 18.4 Å². The van der Waals surface area contributed by atoms with Crippen LogP contribution >= 0.6 is 15.9 Å². The van der Waals surface area contributed by atoms with E-state index in [-0.39, 0.29) is 12.5 Å². The van der Waals surface area contributed by atoms with E-state index in [1.165, 1.54) is 11.8 Å². The van der Waals surface area contributed by atoms with Crippen molar-refractivity contribution < 1.29 is 14.3 Å². The van der Waals surface area contributed by atoms with Gasteiger partial charge >= 0.3 is 5.97 Å². The van der Waals surface area contributed by atoms with Gasteiger partial charge in [-0.25, -0.2) is 4.79 Å².